The average molecular weight is 333 g/mol. The van der Waals surface area contributed by atoms with Crippen LogP contribution in [0.15, 0.2) is 54.0 Å². The summed E-state index contributed by atoms with van der Waals surface area (Å²) in [6, 6.07) is 14.8. The number of imidazole rings is 1. The molecule has 0 spiro atoms. The zero-order chi connectivity index (χ0) is 16.5. The Hall–Kier alpha value is -2.46. The lowest BCUT2D eigenvalue weighted by molar-refractivity contribution is 0.943. The lowest BCUT2D eigenvalue weighted by Crippen LogP contribution is -1.91. The topological polar surface area (TPSA) is 30.2 Å². The minimum absolute atomic E-state index is 0.971. The van der Waals surface area contributed by atoms with Gasteiger partial charge in [-0.15, -0.1) is 11.3 Å². The fourth-order valence-electron chi connectivity index (χ4n) is 2.90. The smallest absolute Gasteiger partial charge is 0.137 e. The van der Waals surface area contributed by atoms with Crippen molar-refractivity contribution in [2.24, 2.45) is 0 Å². The predicted octanol–water partition coefficient (Wildman–Crippen LogP) is 4.86. The van der Waals surface area contributed by atoms with Crippen LogP contribution in [0.4, 0.5) is 0 Å². The van der Waals surface area contributed by atoms with E-state index in [0.717, 1.165) is 35.6 Å². The van der Waals surface area contributed by atoms with E-state index in [1.807, 2.05) is 24.4 Å². The molecule has 0 fully saturated rings. The molecular formula is C20H19N3S. The van der Waals surface area contributed by atoms with E-state index < -0.39 is 0 Å². The number of hydrogen-bond donors (Lipinski definition) is 0. The summed E-state index contributed by atoms with van der Waals surface area (Å²) in [5, 5.41) is 3.29. The Morgan fingerprint density at radius 1 is 0.958 bits per heavy atom. The van der Waals surface area contributed by atoms with E-state index in [2.05, 4.69) is 47.9 Å². The molecule has 3 heterocycles. The van der Waals surface area contributed by atoms with Crippen LogP contribution in [0.25, 0.3) is 17.0 Å². The Bertz CT molecular complexity index is 980. The van der Waals surface area contributed by atoms with E-state index >= 15 is 0 Å². The fraction of sp³-hybridized carbons (Fsp3) is 0.200. The van der Waals surface area contributed by atoms with Crippen LogP contribution in [0.1, 0.15) is 21.8 Å². The molecule has 0 bridgehead atoms. The molecule has 0 N–H and O–H groups in total. The van der Waals surface area contributed by atoms with Crippen LogP contribution in [-0.2, 0) is 12.8 Å². The van der Waals surface area contributed by atoms with Gasteiger partial charge in [0.1, 0.15) is 17.0 Å². The summed E-state index contributed by atoms with van der Waals surface area (Å²) in [7, 11) is 0. The molecule has 4 aromatic rings. The van der Waals surface area contributed by atoms with Gasteiger partial charge in [0.2, 0.25) is 0 Å². The number of aromatic nitrogens is 3. The predicted molar refractivity (Wildman–Crippen MR) is 99.6 cm³/mol. The number of hydrogen-bond acceptors (Lipinski definition) is 3. The van der Waals surface area contributed by atoms with Gasteiger partial charge < -0.3 is 4.40 Å². The van der Waals surface area contributed by atoms with Crippen molar-refractivity contribution in [2.75, 3.05) is 0 Å². The molecule has 0 amide bonds. The van der Waals surface area contributed by atoms with E-state index in [1.54, 1.807) is 11.3 Å². The van der Waals surface area contributed by atoms with Crippen molar-refractivity contribution < 1.29 is 0 Å². The summed E-state index contributed by atoms with van der Waals surface area (Å²) >= 11 is 1.73. The minimum atomic E-state index is 0.971. The molecule has 120 valence electrons. The summed E-state index contributed by atoms with van der Waals surface area (Å²) in [6.45, 7) is 4.22. The lowest BCUT2D eigenvalue weighted by atomic mass is 10.1. The maximum Gasteiger partial charge on any atom is 0.137 e. The van der Waals surface area contributed by atoms with Crippen molar-refractivity contribution in [3.8, 4) is 11.4 Å². The largest absolute Gasteiger partial charge is 0.304 e. The standard InChI is InChI=1S/C20H19N3S/c1-14-6-8-16(9-7-14)10-11-19-21-17(13-24-19)20-15(2)23-12-4-3-5-18(23)22-20/h3-9,12-13H,10-11H2,1-2H3. The molecule has 0 atom stereocenters. The molecule has 0 saturated carbocycles. The third-order valence-corrected chi connectivity index (χ3v) is 5.22. The van der Waals surface area contributed by atoms with Gasteiger partial charge in [-0.25, -0.2) is 9.97 Å². The molecule has 0 aliphatic carbocycles. The van der Waals surface area contributed by atoms with E-state index in [4.69, 9.17) is 9.97 Å². The molecule has 4 rings (SSSR count). The number of thiazole rings is 1. The molecule has 3 aromatic heterocycles. The minimum Gasteiger partial charge on any atom is -0.304 e. The molecule has 3 nitrogen and oxygen atoms in total. The van der Waals surface area contributed by atoms with Gasteiger partial charge in [0.25, 0.3) is 0 Å². The summed E-state index contributed by atoms with van der Waals surface area (Å²) in [5.74, 6) is 0. The molecule has 0 saturated heterocycles. The van der Waals surface area contributed by atoms with Crippen LogP contribution < -0.4 is 0 Å². The van der Waals surface area contributed by atoms with Crippen molar-refractivity contribution in [3.63, 3.8) is 0 Å². The summed E-state index contributed by atoms with van der Waals surface area (Å²) < 4.78 is 2.11. The highest BCUT2D eigenvalue weighted by Gasteiger charge is 2.13. The van der Waals surface area contributed by atoms with E-state index in [-0.39, 0.29) is 0 Å². The summed E-state index contributed by atoms with van der Waals surface area (Å²) in [6.07, 6.45) is 4.05. The van der Waals surface area contributed by atoms with Crippen LogP contribution in [0.5, 0.6) is 0 Å². The van der Waals surface area contributed by atoms with Crippen molar-refractivity contribution >= 4 is 17.0 Å². The van der Waals surface area contributed by atoms with E-state index in [9.17, 15) is 0 Å². The Morgan fingerprint density at radius 3 is 2.58 bits per heavy atom. The highest BCUT2D eigenvalue weighted by Crippen LogP contribution is 2.26. The monoisotopic (exact) mass is 333 g/mol. The van der Waals surface area contributed by atoms with Gasteiger partial charge >= 0.3 is 0 Å². The maximum absolute atomic E-state index is 4.81. The molecule has 0 unspecified atom stereocenters. The van der Waals surface area contributed by atoms with Gasteiger partial charge in [0.15, 0.2) is 0 Å². The number of rotatable bonds is 4. The molecule has 0 radical (unpaired) electrons. The highest BCUT2D eigenvalue weighted by molar-refractivity contribution is 7.09. The average Bonchev–Trinajstić information content (AvgIpc) is 3.19. The van der Waals surface area contributed by atoms with Crippen molar-refractivity contribution in [1.82, 2.24) is 14.4 Å². The fourth-order valence-corrected chi connectivity index (χ4v) is 3.68. The van der Waals surface area contributed by atoms with Gasteiger partial charge in [0.05, 0.1) is 5.01 Å². The Balaban J connectivity index is 1.55. The molecule has 4 heteroatoms. The van der Waals surface area contributed by atoms with E-state index in [0.29, 0.717) is 0 Å². The van der Waals surface area contributed by atoms with E-state index in [1.165, 1.54) is 16.1 Å². The van der Waals surface area contributed by atoms with Crippen LogP contribution in [0.3, 0.4) is 0 Å². The first-order valence-corrected chi connectivity index (χ1v) is 9.03. The van der Waals surface area contributed by atoms with Crippen molar-refractivity contribution in [1.29, 1.82) is 0 Å². The van der Waals surface area contributed by atoms with Crippen LogP contribution in [0, 0.1) is 13.8 Å². The zero-order valence-electron chi connectivity index (χ0n) is 13.9. The Kier molecular flexibility index (Phi) is 3.90. The van der Waals surface area contributed by atoms with Crippen LogP contribution in [0.2, 0.25) is 0 Å². The van der Waals surface area contributed by atoms with Crippen molar-refractivity contribution in [3.05, 3.63) is 75.9 Å². The number of pyridine rings is 1. The first-order chi connectivity index (χ1) is 11.7. The first kappa shape index (κ1) is 15.1. The number of benzene rings is 1. The Labute approximate surface area is 145 Å². The number of nitrogens with zero attached hydrogens (tertiary/aromatic N) is 3. The van der Waals surface area contributed by atoms with Crippen molar-refractivity contribution in [2.45, 2.75) is 26.7 Å². The quantitative estimate of drug-likeness (QED) is 0.534. The first-order valence-electron chi connectivity index (χ1n) is 8.15. The SMILES string of the molecule is Cc1ccc(CCc2nc(-c3nc4ccccn4c3C)cs2)cc1. The van der Waals surface area contributed by atoms with Crippen LogP contribution in [-0.4, -0.2) is 14.4 Å². The zero-order valence-corrected chi connectivity index (χ0v) is 14.7. The van der Waals surface area contributed by atoms with Gasteiger partial charge in [-0.2, -0.15) is 0 Å². The summed E-state index contributed by atoms with van der Waals surface area (Å²) in [4.78, 5) is 9.54. The molecule has 0 aliphatic rings. The normalized spacial score (nSPS) is 11.2. The molecular weight excluding hydrogens is 314 g/mol. The number of fused-ring (bicyclic) bond motifs is 1. The van der Waals surface area contributed by atoms with Crippen LogP contribution >= 0.6 is 11.3 Å². The summed E-state index contributed by atoms with van der Waals surface area (Å²) in [5.41, 5.74) is 6.75. The second-order valence-electron chi connectivity index (χ2n) is 6.09. The van der Waals surface area contributed by atoms with Gasteiger partial charge in [-0.05, 0) is 38.0 Å². The molecule has 24 heavy (non-hydrogen) atoms. The molecule has 0 aliphatic heterocycles. The Morgan fingerprint density at radius 2 is 1.79 bits per heavy atom. The second-order valence-corrected chi connectivity index (χ2v) is 7.03. The second kappa shape index (κ2) is 6.21. The lowest BCUT2D eigenvalue weighted by Gasteiger charge is -2.00. The highest BCUT2D eigenvalue weighted by atomic mass is 32.1. The third-order valence-electron chi connectivity index (χ3n) is 4.31. The van der Waals surface area contributed by atoms with Gasteiger partial charge in [-0.3, -0.25) is 0 Å². The van der Waals surface area contributed by atoms with Gasteiger partial charge in [0, 0.05) is 23.7 Å². The molecule has 1 aromatic carbocycles. The number of aryl methyl sites for hydroxylation is 4. The van der Waals surface area contributed by atoms with Gasteiger partial charge in [-0.1, -0.05) is 35.9 Å². The maximum atomic E-state index is 4.81. The third kappa shape index (κ3) is 2.85.